The number of carbonyl (C=O) groups is 1. The van der Waals surface area contributed by atoms with Gasteiger partial charge in [-0.2, -0.15) is 0 Å². The molecule has 0 aliphatic rings. The normalized spacial score (nSPS) is 11.0. The maximum Gasteiger partial charge on any atom is 0.224 e. The molecule has 0 heterocycles. The third-order valence-corrected chi connectivity index (χ3v) is 4.28. The molecule has 0 aliphatic carbocycles. The zero-order chi connectivity index (χ0) is 17.8. The number of hydrogen-bond acceptors (Lipinski definition) is 3. The fraction of sp³-hybridized carbons (Fsp3) is 0.600. The van der Waals surface area contributed by atoms with Crippen LogP contribution in [-0.2, 0) is 16.0 Å². The van der Waals surface area contributed by atoms with Crippen LogP contribution in [0.15, 0.2) is 24.3 Å². The summed E-state index contributed by atoms with van der Waals surface area (Å²) in [5.41, 5.74) is 2.54. The van der Waals surface area contributed by atoms with E-state index in [4.69, 9.17) is 4.74 Å². The van der Waals surface area contributed by atoms with E-state index in [1.54, 1.807) is 0 Å². The molecule has 4 nitrogen and oxygen atoms in total. The van der Waals surface area contributed by atoms with Crippen LogP contribution in [0.1, 0.15) is 31.4 Å². The SMILES string of the molecule is [CH2]CN(CCN(CC)CC)C(=O)CCOCCc1cccc(C)c1. The predicted molar refractivity (Wildman–Crippen MR) is 100 cm³/mol. The van der Waals surface area contributed by atoms with Crippen molar-refractivity contribution < 1.29 is 9.53 Å². The molecule has 0 unspecified atom stereocenters. The van der Waals surface area contributed by atoms with E-state index >= 15 is 0 Å². The summed E-state index contributed by atoms with van der Waals surface area (Å²) in [6, 6.07) is 8.44. The molecular formula is C20H33N2O2. The van der Waals surface area contributed by atoms with Crippen molar-refractivity contribution in [2.45, 2.75) is 33.6 Å². The molecule has 0 aliphatic heterocycles. The van der Waals surface area contributed by atoms with E-state index in [0.717, 1.165) is 32.6 Å². The van der Waals surface area contributed by atoms with Gasteiger partial charge in [-0.25, -0.2) is 0 Å². The van der Waals surface area contributed by atoms with Crippen molar-refractivity contribution in [1.82, 2.24) is 9.80 Å². The molecule has 1 amide bonds. The van der Waals surface area contributed by atoms with E-state index in [1.807, 2.05) is 4.90 Å². The molecule has 1 aromatic carbocycles. The van der Waals surface area contributed by atoms with Crippen molar-refractivity contribution in [1.29, 1.82) is 0 Å². The van der Waals surface area contributed by atoms with Crippen LogP contribution in [0.4, 0.5) is 0 Å². The summed E-state index contributed by atoms with van der Waals surface area (Å²) >= 11 is 0. The number of likely N-dealkylation sites (N-methyl/N-ethyl adjacent to an activating group) is 1. The Morgan fingerprint density at radius 3 is 2.54 bits per heavy atom. The van der Waals surface area contributed by atoms with E-state index < -0.39 is 0 Å². The Bertz CT molecular complexity index is 472. The van der Waals surface area contributed by atoms with Crippen molar-refractivity contribution in [3.63, 3.8) is 0 Å². The minimum Gasteiger partial charge on any atom is -0.381 e. The topological polar surface area (TPSA) is 32.8 Å². The van der Waals surface area contributed by atoms with Crippen LogP contribution in [0.25, 0.3) is 0 Å². The van der Waals surface area contributed by atoms with E-state index in [2.05, 4.69) is 56.9 Å². The molecule has 1 rings (SSSR count). The highest BCUT2D eigenvalue weighted by Gasteiger charge is 2.12. The average Bonchev–Trinajstić information content (AvgIpc) is 2.58. The van der Waals surface area contributed by atoms with Crippen LogP contribution >= 0.6 is 0 Å². The maximum absolute atomic E-state index is 12.2. The van der Waals surface area contributed by atoms with Crippen LogP contribution in [0.2, 0.25) is 0 Å². The van der Waals surface area contributed by atoms with E-state index in [9.17, 15) is 4.79 Å². The van der Waals surface area contributed by atoms with E-state index in [0.29, 0.717) is 26.2 Å². The summed E-state index contributed by atoms with van der Waals surface area (Å²) in [6.45, 7) is 15.6. The van der Waals surface area contributed by atoms with Crippen molar-refractivity contribution in [3.05, 3.63) is 42.3 Å². The molecule has 0 fully saturated rings. The molecule has 0 saturated heterocycles. The fourth-order valence-corrected chi connectivity index (χ4v) is 2.64. The number of hydrogen-bond donors (Lipinski definition) is 0. The van der Waals surface area contributed by atoms with E-state index in [1.165, 1.54) is 11.1 Å². The second kappa shape index (κ2) is 12.0. The molecule has 0 saturated carbocycles. The second-order valence-corrected chi connectivity index (χ2v) is 6.01. The second-order valence-electron chi connectivity index (χ2n) is 6.01. The van der Waals surface area contributed by atoms with Gasteiger partial charge in [0.15, 0.2) is 0 Å². The van der Waals surface area contributed by atoms with Crippen molar-refractivity contribution in [2.24, 2.45) is 0 Å². The molecule has 0 aromatic heterocycles. The maximum atomic E-state index is 12.2. The van der Waals surface area contributed by atoms with Crippen molar-refractivity contribution in [3.8, 4) is 0 Å². The average molecular weight is 333 g/mol. The lowest BCUT2D eigenvalue weighted by atomic mass is 10.1. The number of amides is 1. The molecule has 4 heteroatoms. The molecule has 0 spiro atoms. The van der Waals surface area contributed by atoms with Gasteiger partial charge in [0.05, 0.1) is 19.6 Å². The third kappa shape index (κ3) is 7.93. The first-order valence-electron chi connectivity index (χ1n) is 9.03. The zero-order valence-corrected chi connectivity index (χ0v) is 15.6. The highest BCUT2D eigenvalue weighted by atomic mass is 16.5. The Morgan fingerprint density at radius 1 is 1.17 bits per heavy atom. The van der Waals surface area contributed by atoms with Gasteiger partial charge in [0, 0.05) is 19.6 Å². The number of benzene rings is 1. The van der Waals surface area contributed by atoms with Crippen LogP contribution < -0.4 is 0 Å². The zero-order valence-electron chi connectivity index (χ0n) is 15.6. The first-order chi connectivity index (χ1) is 11.6. The standard InChI is InChI=1S/C20H33N2O2/c1-5-21(6-2)13-14-22(7-3)20(23)12-16-24-15-11-19-10-8-9-18(4)17-19/h8-10,17H,3,5-7,11-16H2,1-2,4H3. The summed E-state index contributed by atoms with van der Waals surface area (Å²) in [7, 11) is 0. The highest BCUT2D eigenvalue weighted by Crippen LogP contribution is 2.05. The Morgan fingerprint density at radius 2 is 1.92 bits per heavy atom. The smallest absolute Gasteiger partial charge is 0.224 e. The first-order valence-corrected chi connectivity index (χ1v) is 9.03. The summed E-state index contributed by atoms with van der Waals surface area (Å²) in [6.07, 6.45) is 1.32. The lowest BCUT2D eigenvalue weighted by molar-refractivity contribution is -0.132. The van der Waals surface area contributed by atoms with Gasteiger partial charge in [-0.05, 0) is 38.9 Å². The highest BCUT2D eigenvalue weighted by molar-refractivity contribution is 5.76. The largest absolute Gasteiger partial charge is 0.381 e. The number of aryl methyl sites for hydroxylation is 1. The van der Waals surface area contributed by atoms with Crippen LogP contribution in [0.5, 0.6) is 0 Å². The number of rotatable bonds is 12. The molecule has 0 N–H and O–H groups in total. The quantitative estimate of drug-likeness (QED) is 0.551. The Kier molecular flexibility index (Phi) is 10.4. The van der Waals surface area contributed by atoms with Gasteiger partial charge in [0.25, 0.3) is 0 Å². The molecule has 0 bridgehead atoms. The minimum atomic E-state index is 0.132. The lowest BCUT2D eigenvalue weighted by Crippen LogP contribution is -2.39. The van der Waals surface area contributed by atoms with Gasteiger partial charge < -0.3 is 14.5 Å². The monoisotopic (exact) mass is 333 g/mol. The van der Waals surface area contributed by atoms with Gasteiger partial charge in [0.1, 0.15) is 0 Å². The number of nitrogens with zero attached hydrogens (tertiary/aromatic N) is 2. The van der Waals surface area contributed by atoms with Crippen LogP contribution in [0, 0.1) is 13.8 Å². The molecule has 135 valence electrons. The Hall–Kier alpha value is -1.39. The molecule has 1 aromatic rings. The first kappa shape index (κ1) is 20.7. The minimum absolute atomic E-state index is 0.132. The summed E-state index contributed by atoms with van der Waals surface area (Å²) in [4.78, 5) is 16.4. The Balaban J connectivity index is 2.21. The van der Waals surface area contributed by atoms with Crippen LogP contribution in [0.3, 0.4) is 0 Å². The van der Waals surface area contributed by atoms with Crippen molar-refractivity contribution in [2.75, 3.05) is 45.9 Å². The molecule has 1 radical (unpaired) electrons. The predicted octanol–water partition coefficient (Wildman–Crippen LogP) is 2.95. The molecule has 24 heavy (non-hydrogen) atoms. The molecule has 0 atom stereocenters. The number of ether oxygens (including phenoxy) is 1. The van der Waals surface area contributed by atoms with Gasteiger partial charge in [0.2, 0.25) is 5.91 Å². The van der Waals surface area contributed by atoms with Gasteiger partial charge in [-0.15, -0.1) is 0 Å². The van der Waals surface area contributed by atoms with Gasteiger partial charge in [-0.3, -0.25) is 4.79 Å². The number of carbonyl (C=O) groups excluding carboxylic acids is 1. The van der Waals surface area contributed by atoms with Gasteiger partial charge in [-0.1, -0.05) is 43.7 Å². The van der Waals surface area contributed by atoms with Gasteiger partial charge >= 0.3 is 0 Å². The third-order valence-electron chi connectivity index (χ3n) is 4.28. The summed E-state index contributed by atoms with van der Waals surface area (Å²) in [5.74, 6) is 0.132. The lowest BCUT2D eigenvalue weighted by Gasteiger charge is -2.25. The fourth-order valence-electron chi connectivity index (χ4n) is 2.64. The van der Waals surface area contributed by atoms with Crippen molar-refractivity contribution >= 4 is 5.91 Å². The van der Waals surface area contributed by atoms with E-state index in [-0.39, 0.29) is 5.91 Å². The Labute approximate surface area is 147 Å². The van der Waals surface area contributed by atoms with Crippen LogP contribution in [-0.4, -0.2) is 61.6 Å². The molecular weight excluding hydrogens is 300 g/mol. The summed E-state index contributed by atoms with van der Waals surface area (Å²) < 4.78 is 5.63. The summed E-state index contributed by atoms with van der Waals surface area (Å²) in [5, 5.41) is 0.